The van der Waals surface area contributed by atoms with Crippen LogP contribution >= 0.6 is 0 Å². The molecule has 0 radical (unpaired) electrons. The lowest BCUT2D eigenvalue weighted by Gasteiger charge is -2.01. The first-order chi connectivity index (χ1) is 23.0. The predicted octanol–water partition coefficient (Wildman–Crippen LogP) is 0.376. The molecular formula is C25H29N15O6S3. The highest BCUT2D eigenvalue weighted by Crippen LogP contribution is 2.18. The monoisotopic (exact) mass is 731 g/mol. The van der Waals surface area contributed by atoms with Gasteiger partial charge in [-0.15, -0.1) is 10.2 Å². The van der Waals surface area contributed by atoms with Crippen LogP contribution in [-0.4, -0.2) is 102 Å². The summed E-state index contributed by atoms with van der Waals surface area (Å²) in [6.07, 6.45) is 13.5. The van der Waals surface area contributed by atoms with E-state index in [-0.39, 0.29) is 5.65 Å². The molecule has 0 bridgehead atoms. The molecule has 0 aliphatic rings. The molecule has 21 nitrogen and oxygen atoms in total. The zero-order valence-electron chi connectivity index (χ0n) is 26.4. The van der Waals surface area contributed by atoms with Crippen molar-refractivity contribution in [2.45, 2.75) is 13.8 Å². The lowest BCUT2D eigenvalue weighted by molar-refractivity contribution is 0.593. The molecule has 0 aliphatic carbocycles. The number of fused-ring (bicyclic) bond motifs is 5. The third kappa shape index (κ3) is 7.30. The van der Waals surface area contributed by atoms with E-state index >= 15 is 0 Å². The van der Waals surface area contributed by atoms with Crippen LogP contribution in [0.4, 0.5) is 11.6 Å². The number of aromatic nitrogens is 11. The molecule has 0 spiro atoms. The van der Waals surface area contributed by atoms with E-state index in [1.54, 1.807) is 42.7 Å². The van der Waals surface area contributed by atoms with Gasteiger partial charge in [0, 0.05) is 24.8 Å². The zero-order chi connectivity index (χ0) is 35.7. The normalized spacial score (nSPS) is 12.3. The largest absolute Gasteiger partial charge is 0.307 e. The maximum Gasteiger partial charge on any atom is 0.237 e. The molecule has 0 unspecified atom stereocenters. The number of nitrogens with two attached hydrogens (primary N) is 1. The fraction of sp³-hybridized carbons (Fsp3) is 0.200. The molecule has 49 heavy (non-hydrogen) atoms. The minimum Gasteiger partial charge on any atom is -0.307 e. The van der Waals surface area contributed by atoms with Crippen molar-refractivity contribution in [1.82, 2.24) is 51.4 Å². The van der Waals surface area contributed by atoms with E-state index in [0.29, 0.717) is 51.0 Å². The molecule has 0 saturated carbocycles. The highest BCUT2D eigenvalue weighted by Gasteiger charge is 2.15. The Morgan fingerprint density at radius 1 is 0.714 bits per heavy atom. The predicted molar refractivity (Wildman–Crippen MR) is 182 cm³/mol. The molecule has 7 heterocycles. The maximum atomic E-state index is 11.5. The smallest absolute Gasteiger partial charge is 0.237 e. The summed E-state index contributed by atoms with van der Waals surface area (Å²) in [5.74, 6) is 6.69. The van der Waals surface area contributed by atoms with Gasteiger partial charge < -0.3 is 5.43 Å². The first-order valence-electron chi connectivity index (χ1n) is 13.7. The average molecular weight is 732 g/mol. The standard InChI is InChI=1S/C9H9N5O2S.C9H11N5O2S.C7H9N5O2S/c1-6-11-12-8-5-10-9-7(14(6)8)3-4-13(9)17(2,15)16;1-3-11-13-8-6-10-9-7(12-8)4-5-14(9)17(2,15)16;1-15(13,14)12-3-2-5-7(12)9-4-6(10-5)11-8/h3-5H,1-2H3;3-6H,1-2H3,(H,12,13);2-4H,8H2,1H3,(H,10,11)/b;11-3+;. The number of hydrazine groups is 1. The molecule has 0 saturated heterocycles. The number of nitrogens with one attached hydrogen (secondary N) is 2. The van der Waals surface area contributed by atoms with Gasteiger partial charge in [0.2, 0.25) is 30.1 Å². The fourth-order valence-electron chi connectivity index (χ4n) is 4.40. The van der Waals surface area contributed by atoms with Crippen LogP contribution in [0.3, 0.4) is 0 Å². The second kappa shape index (κ2) is 13.1. The van der Waals surface area contributed by atoms with Crippen LogP contribution in [0.15, 0.2) is 60.5 Å². The van der Waals surface area contributed by atoms with Gasteiger partial charge in [0.25, 0.3) is 0 Å². The van der Waals surface area contributed by atoms with Crippen molar-refractivity contribution in [2.24, 2.45) is 10.9 Å². The van der Waals surface area contributed by atoms with Crippen molar-refractivity contribution in [2.75, 3.05) is 29.6 Å². The third-order valence-electron chi connectivity index (χ3n) is 6.44. The number of hydrogen-bond acceptors (Lipinski definition) is 17. The lowest BCUT2D eigenvalue weighted by Crippen LogP contribution is -2.11. The van der Waals surface area contributed by atoms with Gasteiger partial charge in [-0.05, 0) is 32.0 Å². The highest BCUT2D eigenvalue weighted by molar-refractivity contribution is 7.89. The van der Waals surface area contributed by atoms with Gasteiger partial charge >= 0.3 is 0 Å². The molecule has 7 aromatic heterocycles. The van der Waals surface area contributed by atoms with Crippen molar-refractivity contribution in [3.8, 4) is 0 Å². The van der Waals surface area contributed by atoms with Crippen LogP contribution in [0.5, 0.6) is 0 Å². The van der Waals surface area contributed by atoms with Gasteiger partial charge in [-0.2, -0.15) is 5.10 Å². The van der Waals surface area contributed by atoms with Gasteiger partial charge in [0.05, 0.1) is 42.9 Å². The highest BCUT2D eigenvalue weighted by atomic mass is 32.2. The number of anilines is 2. The topological polar surface area (TPSA) is 274 Å². The Morgan fingerprint density at radius 2 is 1.20 bits per heavy atom. The summed E-state index contributed by atoms with van der Waals surface area (Å²) in [5.41, 5.74) is 8.21. The van der Waals surface area contributed by atoms with Crippen molar-refractivity contribution in [3.63, 3.8) is 0 Å². The summed E-state index contributed by atoms with van der Waals surface area (Å²) in [6.45, 7) is 3.57. The molecule has 258 valence electrons. The SMILES string of the molecule is C/C=N/Nc1cnc2c(ccn2S(C)(=O)=O)n1.CS(=O)(=O)n1ccc2nc(NN)cnc21.Cc1nnc2cnc3c(ccn3S(C)(=O)=O)n12. The summed E-state index contributed by atoms with van der Waals surface area (Å²) >= 11 is 0. The first kappa shape index (κ1) is 34.7. The van der Waals surface area contributed by atoms with E-state index in [0.717, 1.165) is 30.7 Å². The van der Waals surface area contributed by atoms with Crippen LogP contribution < -0.4 is 16.7 Å². The van der Waals surface area contributed by atoms with Crippen molar-refractivity contribution in [1.29, 1.82) is 0 Å². The minimum absolute atomic E-state index is 0.288. The van der Waals surface area contributed by atoms with Crippen LogP contribution in [0.1, 0.15) is 12.7 Å². The van der Waals surface area contributed by atoms with E-state index in [2.05, 4.69) is 51.1 Å². The molecule has 7 rings (SSSR count). The zero-order valence-corrected chi connectivity index (χ0v) is 28.8. The maximum absolute atomic E-state index is 11.5. The molecule has 24 heteroatoms. The van der Waals surface area contributed by atoms with Crippen molar-refractivity contribution in [3.05, 3.63) is 61.2 Å². The number of hydrogen-bond donors (Lipinski definition) is 3. The average Bonchev–Trinajstić information content (AvgIpc) is 3.83. The Kier molecular flexibility index (Phi) is 9.31. The molecule has 4 N–H and O–H groups in total. The number of aryl methyl sites for hydroxylation is 1. The van der Waals surface area contributed by atoms with Crippen LogP contribution in [0.25, 0.3) is 39.1 Å². The number of nitrogen functional groups attached to an aromatic ring is 1. The summed E-state index contributed by atoms with van der Waals surface area (Å²) in [7, 11) is -10.0. The van der Waals surface area contributed by atoms with Crippen LogP contribution in [0.2, 0.25) is 0 Å². The first-order valence-corrected chi connectivity index (χ1v) is 19.3. The van der Waals surface area contributed by atoms with E-state index in [1.807, 2.05) is 0 Å². The summed E-state index contributed by atoms with van der Waals surface area (Å²) in [5, 5.41) is 11.7. The molecule has 0 aliphatic heterocycles. The van der Waals surface area contributed by atoms with Crippen molar-refractivity contribution >= 4 is 87.1 Å². The Balaban J connectivity index is 0.000000144. The van der Waals surface area contributed by atoms with Gasteiger partial charge in [-0.3, -0.25) is 9.83 Å². The Hall–Kier alpha value is -5.59. The Labute approximate surface area is 278 Å². The summed E-state index contributed by atoms with van der Waals surface area (Å²) in [6, 6.07) is 4.83. The third-order valence-corrected chi connectivity index (χ3v) is 9.47. The van der Waals surface area contributed by atoms with Gasteiger partial charge in [0.1, 0.15) is 16.9 Å². The van der Waals surface area contributed by atoms with E-state index in [1.165, 1.54) is 37.2 Å². The molecule has 0 aromatic carbocycles. The Bertz CT molecular complexity index is 2690. The van der Waals surface area contributed by atoms with Crippen molar-refractivity contribution < 1.29 is 25.3 Å². The van der Waals surface area contributed by atoms with Gasteiger partial charge in [-0.1, -0.05) is 0 Å². The van der Waals surface area contributed by atoms with Gasteiger partial charge in [-0.25, -0.2) is 67.9 Å². The number of rotatable bonds is 6. The van der Waals surface area contributed by atoms with Crippen LogP contribution in [0, 0.1) is 6.92 Å². The molecule has 0 atom stereocenters. The van der Waals surface area contributed by atoms with E-state index in [9.17, 15) is 25.3 Å². The van der Waals surface area contributed by atoms with E-state index < -0.39 is 30.1 Å². The molecule has 0 fully saturated rings. The molecular weight excluding hydrogens is 703 g/mol. The number of hydrazone groups is 1. The lowest BCUT2D eigenvalue weighted by atomic mass is 10.5. The second-order valence-corrected chi connectivity index (χ2v) is 15.7. The summed E-state index contributed by atoms with van der Waals surface area (Å²) in [4.78, 5) is 20.3. The molecule has 0 amide bonds. The van der Waals surface area contributed by atoms with Gasteiger partial charge in [0.15, 0.2) is 34.2 Å². The summed E-state index contributed by atoms with van der Waals surface area (Å²) < 4.78 is 73.6. The van der Waals surface area contributed by atoms with E-state index in [4.69, 9.17) is 5.84 Å². The fourth-order valence-corrected chi connectivity index (χ4v) is 6.62. The minimum atomic E-state index is -3.35. The quantitative estimate of drug-likeness (QED) is 0.118. The molecule has 7 aromatic rings. The number of nitrogens with zero attached hydrogens (tertiary/aromatic N) is 12. The Morgan fingerprint density at radius 3 is 1.73 bits per heavy atom. The van der Waals surface area contributed by atoms with Crippen LogP contribution in [-0.2, 0) is 30.1 Å². The second-order valence-electron chi connectivity index (χ2n) is 10.1.